The van der Waals surface area contributed by atoms with Crippen LogP contribution in [-0.4, -0.2) is 25.7 Å². The molecule has 13 heavy (non-hydrogen) atoms. The van der Waals surface area contributed by atoms with Gasteiger partial charge in [-0.05, 0) is 25.2 Å². The van der Waals surface area contributed by atoms with Gasteiger partial charge in [-0.2, -0.15) is 0 Å². The van der Waals surface area contributed by atoms with Crippen LogP contribution in [0, 0.1) is 5.92 Å². The highest BCUT2D eigenvalue weighted by atomic mass is 16.5. The molecule has 1 fully saturated rings. The molecule has 1 aliphatic rings. The zero-order valence-electron chi connectivity index (χ0n) is 8.34. The molecule has 1 N–H and O–H groups in total. The summed E-state index contributed by atoms with van der Waals surface area (Å²) in [5.41, 5.74) is 0. The zero-order chi connectivity index (χ0) is 9.52. The Balaban J connectivity index is 2.15. The fraction of sp³-hybridized carbons (Fsp3) is 0.900. The molecule has 0 saturated carbocycles. The highest BCUT2D eigenvalue weighted by Crippen LogP contribution is 2.14. The predicted octanol–water partition coefficient (Wildman–Crippen LogP) is 1.33. The number of amides is 1. The van der Waals surface area contributed by atoms with Crippen LogP contribution >= 0.6 is 0 Å². The average molecular weight is 185 g/mol. The number of hydrogen-bond donors (Lipinski definition) is 1. The van der Waals surface area contributed by atoms with Crippen molar-refractivity contribution in [3.8, 4) is 0 Å². The van der Waals surface area contributed by atoms with Crippen molar-refractivity contribution < 1.29 is 9.53 Å². The van der Waals surface area contributed by atoms with E-state index < -0.39 is 0 Å². The van der Waals surface area contributed by atoms with Crippen molar-refractivity contribution in [2.75, 3.05) is 19.8 Å². The van der Waals surface area contributed by atoms with E-state index in [1.165, 1.54) is 6.42 Å². The van der Waals surface area contributed by atoms with Gasteiger partial charge in [-0.1, -0.05) is 6.92 Å². The summed E-state index contributed by atoms with van der Waals surface area (Å²) in [6.07, 6.45) is 3.99. The first kappa shape index (κ1) is 10.5. The minimum absolute atomic E-state index is 0.158. The van der Waals surface area contributed by atoms with E-state index >= 15 is 0 Å². The molecule has 1 aliphatic heterocycles. The summed E-state index contributed by atoms with van der Waals surface area (Å²) >= 11 is 0. The van der Waals surface area contributed by atoms with Crippen molar-refractivity contribution in [1.29, 1.82) is 0 Å². The molecule has 3 nitrogen and oxygen atoms in total. The van der Waals surface area contributed by atoms with Crippen LogP contribution in [0.25, 0.3) is 0 Å². The number of ether oxygens (including phenoxy) is 1. The van der Waals surface area contributed by atoms with Crippen LogP contribution in [0.15, 0.2) is 0 Å². The molecule has 1 rings (SSSR count). The lowest BCUT2D eigenvalue weighted by Gasteiger charge is -2.13. The van der Waals surface area contributed by atoms with Crippen LogP contribution in [0.4, 0.5) is 0 Å². The largest absolute Gasteiger partial charge is 0.381 e. The van der Waals surface area contributed by atoms with Crippen molar-refractivity contribution in [2.45, 2.75) is 32.6 Å². The molecule has 0 radical (unpaired) electrons. The maximum Gasteiger partial charge on any atom is 0.219 e. The molecular formula is C10H19NO2. The fourth-order valence-electron chi connectivity index (χ4n) is 1.56. The van der Waals surface area contributed by atoms with Gasteiger partial charge in [0.25, 0.3) is 0 Å². The average Bonchev–Trinajstić information content (AvgIpc) is 2.42. The summed E-state index contributed by atoms with van der Waals surface area (Å²) in [4.78, 5) is 11.0. The zero-order valence-corrected chi connectivity index (χ0v) is 8.34. The SMILES string of the molecule is CCC(=O)NCC1CCCOCC1. The fourth-order valence-corrected chi connectivity index (χ4v) is 1.56. The van der Waals surface area contributed by atoms with Crippen LogP contribution in [0.2, 0.25) is 0 Å². The summed E-state index contributed by atoms with van der Waals surface area (Å²) in [5.74, 6) is 0.781. The van der Waals surface area contributed by atoms with Gasteiger partial charge in [-0.15, -0.1) is 0 Å². The molecular weight excluding hydrogens is 166 g/mol. The van der Waals surface area contributed by atoms with E-state index in [0.717, 1.165) is 32.6 Å². The summed E-state index contributed by atoms with van der Waals surface area (Å²) in [6, 6.07) is 0. The van der Waals surface area contributed by atoms with Gasteiger partial charge < -0.3 is 10.1 Å². The van der Waals surface area contributed by atoms with Gasteiger partial charge in [0.15, 0.2) is 0 Å². The van der Waals surface area contributed by atoms with Gasteiger partial charge in [0.2, 0.25) is 5.91 Å². The smallest absolute Gasteiger partial charge is 0.219 e. The summed E-state index contributed by atoms with van der Waals surface area (Å²) in [7, 11) is 0. The molecule has 1 atom stereocenters. The van der Waals surface area contributed by atoms with Crippen molar-refractivity contribution in [2.24, 2.45) is 5.92 Å². The standard InChI is InChI=1S/C10H19NO2/c1-2-10(12)11-8-9-4-3-6-13-7-5-9/h9H,2-8H2,1H3,(H,11,12). The van der Waals surface area contributed by atoms with E-state index in [4.69, 9.17) is 4.74 Å². The molecule has 1 heterocycles. The lowest BCUT2D eigenvalue weighted by Crippen LogP contribution is -2.28. The number of rotatable bonds is 3. The van der Waals surface area contributed by atoms with Crippen LogP contribution in [0.3, 0.4) is 0 Å². The molecule has 0 aromatic heterocycles. The summed E-state index contributed by atoms with van der Waals surface area (Å²) in [5, 5.41) is 2.94. The maximum atomic E-state index is 11.0. The Kier molecular flexibility index (Phi) is 4.83. The van der Waals surface area contributed by atoms with Gasteiger partial charge in [-0.3, -0.25) is 4.79 Å². The Morgan fingerprint density at radius 3 is 3.08 bits per heavy atom. The highest BCUT2D eigenvalue weighted by molar-refractivity contribution is 5.75. The number of hydrogen-bond acceptors (Lipinski definition) is 2. The van der Waals surface area contributed by atoms with E-state index in [9.17, 15) is 4.79 Å². The Bertz CT molecular complexity index is 151. The third-order valence-corrected chi connectivity index (χ3v) is 2.48. The number of carbonyl (C=O) groups is 1. The van der Waals surface area contributed by atoms with Gasteiger partial charge in [-0.25, -0.2) is 0 Å². The number of nitrogens with one attached hydrogen (secondary N) is 1. The molecule has 0 spiro atoms. The van der Waals surface area contributed by atoms with Gasteiger partial charge >= 0.3 is 0 Å². The van der Waals surface area contributed by atoms with Crippen LogP contribution in [0.5, 0.6) is 0 Å². The van der Waals surface area contributed by atoms with Crippen LogP contribution in [0.1, 0.15) is 32.6 Å². The molecule has 1 unspecified atom stereocenters. The molecule has 3 heteroatoms. The topological polar surface area (TPSA) is 38.3 Å². The Morgan fingerprint density at radius 1 is 1.46 bits per heavy atom. The lowest BCUT2D eigenvalue weighted by atomic mass is 10.0. The second-order valence-corrected chi connectivity index (χ2v) is 3.57. The Hall–Kier alpha value is -0.570. The van der Waals surface area contributed by atoms with E-state index in [0.29, 0.717) is 12.3 Å². The Labute approximate surface area is 79.8 Å². The lowest BCUT2D eigenvalue weighted by molar-refractivity contribution is -0.120. The first-order chi connectivity index (χ1) is 6.33. The highest BCUT2D eigenvalue weighted by Gasteiger charge is 2.12. The maximum absolute atomic E-state index is 11.0. The second-order valence-electron chi connectivity index (χ2n) is 3.57. The van der Waals surface area contributed by atoms with Crippen LogP contribution < -0.4 is 5.32 Å². The Morgan fingerprint density at radius 2 is 2.31 bits per heavy atom. The van der Waals surface area contributed by atoms with Crippen molar-refractivity contribution in [3.05, 3.63) is 0 Å². The molecule has 0 aromatic rings. The molecule has 1 saturated heterocycles. The van der Waals surface area contributed by atoms with Crippen molar-refractivity contribution in [1.82, 2.24) is 5.32 Å². The van der Waals surface area contributed by atoms with E-state index in [1.807, 2.05) is 6.92 Å². The molecule has 0 aliphatic carbocycles. The monoisotopic (exact) mass is 185 g/mol. The first-order valence-electron chi connectivity index (χ1n) is 5.17. The summed E-state index contributed by atoms with van der Waals surface area (Å²) in [6.45, 7) is 4.45. The molecule has 0 bridgehead atoms. The number of carbonyl (C=O) groups excluding carboxylic acids is 1. The minimum Gasteiger partial charge on any atom is -0.381 e. The second kappa shape index (κ2) is 5.97. The van der Waals surface area contributed by atoms with E-state index in [2.05, 4.69) is 5.32 Å². The quantitative estimate of drug-likeness (QED) is 0.720. The third kappa shape index (κ3) is 4.27. The normalized spacial score (nSPS) is 23.6. The predicted molar refractivity (Wildman–Crippen MR) is 51.5 cm³/mol. The van der Waals surface area contributed by atoms with Gasteiger partial charge in [0.05, 0.1) is 0 Å². The first-order valence-corrected chi connectivity index (χ1v) is 5.17. The van der Waals surface area contributed by atoms with Crippen molar-refractivity contribution in [3.63, 3.8) is 0 Å². The van der Waals surface area contributed by atoms with Gasteiger partial charge in [0.1, 0.15) is 0 Å². The van der Waals surface area contributed by atoms with E-state index in [1.54, 1.807) is 0 Å². The van der Waals surface area contributed by atoms with Gasteiger partial charge in [0, 0.05) is 26.2 Å². The third-order valence-electron chi connectivity index (χ3n) is 2.48. The minimum atomic E-state index is 0.158. The van der Waals surface area contributed by atoms with E-state index in [-0.39, 0.29) is 5.91 Å². The van der Waals surface area contributed by atoms with Crippen molar-refractivity contribution >= 4 is 5.91 Å². The summed E-state index contributed by atoms with van der Waals surface area (Å²) < 4.78 is 5.35. The molecule has 0 aromatic carbocycles. The molecule has 1 amide bonds. The molecule has 76 valence electrons. The van der Waals surface area contributed by atoms with Crippen LogP contribution in [-0.2, 0) is 9.53 Å².